The average Bonchev–Trinajstić information content (AvgIpc) is 2.73. The standard InChI is InChI=1S/C15H19ClN2/c1-5-11-10-14(15(2,3)4)18(17-11)13-9-7-6-8-12(13)16/h6-10H,5H2,1-4H3. The van der Waals surface area contributed by atoms with Crippen LogP contribution in [0.4, 0.5) is 0 Å². The van der Waals surface area contributed by atoms with Crippen LogP contribution in [0.3, 0.4) is 0 Å². The lowest BCUT2D eigenvalue weighted by Gasteiger charge is -2.20. The van der Waals surface area contributed by atoms with E-state index in [0.717, 1.165) is 22.8 Å². The Hall–Kier alpha value is -1.28. The van der Waals surface area contributed by atoms with E-state index in [1.54, 1.807) is 0 Å². The van der Waals surface area contributed by atoms with Gasteiger partial charge in [0.05, 0.1) is 16.4 Å². The molecular formula is C15H19ClN2. The second-order valence-electron chi connectivity index (χ2n) is 5.49. The van der Waals surface area contributed by atoms with Crippen molar-refractivity contribution in [3.05, 3.63) is 46.7 Å². The second kappa shape index (κ2) is 4.77. The van der Waals surface area contributed by atoms with Crippen LogP contribution in [-0.2, 0) is 11.8 Å². The fourth-order valence-corrected chi connectivity index (χ4v) is 2.16. The van der Waals surface area contributed by atoms with E-state index >= 15 is 0 Å². The first kappa shape index (κ1) is 13.2. The van der Waals surface area contributed by atoms with Crippen molar-refractivity contribution in [3.8, 4) is 5.69 Å². The summed E-state index contributed by atoms with van der Waals surface area (Å²) in [7, 11) is 0. The van der Waals surface area contributed by atoms with Crippen molar-refractivity contribution in [2.75, 3.05) is 0 Å². The lowest BCUT2D eigenvalue weighted by Crippen LogP contribution is -2.17. The Morgan fingerprint density at radius 2 is 1.89 bits per heavy atom. The van der Waals surface area contributed by atoms with Gasteiger partial charge in [0.15, 0.2) is 0 Å². The Morgan fingerprint density at radius 3 is 2.44 bits per heavy atom. The van der Waals surface area contributed by atoms with Crippen LogP contribution >= 0.6 is 11.6 Å². The highest BCUT2D eigenvalue weighted by molar-refractivity contribution is 6.32. The largest absolute Gasteiger partial charge is 0.235 e. The van der Waals surface area contributed by atoms with E-state index in [1.165, 1.54) is 5.69 Å². The highest BCUT2D eigenvalue weighted by Crippen LogP contribution is 2.28. The summed E-state index contributed by atoms with van der Waals surface area (Å²) in [5, 5.41) is 5.39. The van der Waals surface area contributed by atoms with Gasteiger partial charge < -0.3 is 0 Å². The van der Waals surface area contributed by atoms with Gasteiger partial charge in [0, 0.05) is 11.1 Å². The highest BCUT2D eigenvalue weighted by Gasteiger charge is 2.22. The van der Waals surface area contributed by atoms with Crippen LogP contribution in [-0.4, -0.2) is 9.78 Å². The molecule has 3 heteroatoms. The number of aromatic nitrogens is 2. The summed E-state index contributed by atoms with van der Waals surface area (Å²) in [4.78, 5) is 0. The Bertz CT molecular complexity index is 550. The summed E-state index contributed by atoms with van der Waals surface area (Å²) in [5.41, 5.74) is 3.27. The number of benzene rings is 1. The first-order chi connectivity index (χ1) is 8.43. The molecule has 1 aromatic carbocycles. The zero-order valence-corrected chi connectivity index (χ0v) is 12.1. The van der Waals surface area contributed by atoms with E-state index in [1.807, 2.05) is 28.9 Å². The molecule has 0 aliphatic carbocycles. The van der Waals surface area contributed by atoms with Gasteiger partial charge in [-0.05, 0) is 24.6 Å². The SMILES string of the molecule is CCc1cc(C(C)(C)C)n(-c2ccccc2Cl)n1. The molecule has 0 N–H and O–H groups in total. The summed E-state index contributed by atoms with van der Waals surface area (Å²) in [5.74, 6) is 0. The van der Waals surface area contributed by atoms with E-state index in [2.05, 4.69) is 38.9 Å². The Labute approximate surface area is 114 Å². The minimum Gasteiger partial charge on any atom is -0.235 e. The first-order valence-corrected chi connectivity index (χ1v) is 6.65. The number of rotatable bonds is 2. The molecule has 0 radical (unpaired) electrons. The third-order valence-electron chi connectivity index (χ3n) is 2.97. The van der Waals surface area contributed by atoms with Crippen LogP contribution in [0, 0.1) is 0 Å². The Balaban J connectivity index is 2.64. The number of hydrogen-bond donors (Lipinski definition) is 0. The lowest BCUT2D eigenvalue weighted by atomic mass is 9.91. The second-order valence-corrected chi connectivity index (χ2v) is 5.89. The van der Waals surface area contributed by atoms with Crippen LogP contribution in [0.2, 0.25) is 5.02 Å². The van der Waals surface area contributed by atoms with Crippen molar-refractivity contribution < 1.29 is 0 Å². The van der Waals surface area contributed by atoms with Gasteiger partial charge in [-0.25, -0.2) is 4.68 Å². The minimum atomic E-state index is 0.0413. The predicted molar refractivity (Wildman–Crippen MR) is 76.7 cm³/mol. The molecule has 0 bridgehead atoms. The molecule has 2 aromatic rings. The quantitative estimate of drug-likeness (QED) is 0.785. The van der Waals surface area contributed by atoms with Gasteiger partial charge in [-0.1, -0.05) is 51.4 Å². The lowest BCUT2D eigenvalue weighted by molar-refractivity contribution is 0.543. The van der Waals surface area contributed by atoms with Crippen molar-refractivity contribution in [1.29, 1.82) is 0 Å². The number of hydrogen-bond acceptors (Lipinski definition) is 1. The smallest absolute Gasteiger partial charge is 0.0835 e. The fourth-order valence-electron chi connectivity index (χ4n) is 1.94. The van der Waals surface area contributed by atoms with Crippen molar-refractivity contribution in [1.82, 2.24) is 9.78 Å². The zero-order valence-electron chi connectivity index (χ0n) is 11.4. The van der Waals surface area contributed by atoms with Crippen molar-refractivity contribution >= 4 is 11.6 Å². The van der Waals surface area contributed by atoms with Crippen LogP contribution in [0.1, 0.15) is 39.1 Å². The van der Waals surface area contributed by atoms with Crippen LogP contribution < -0.4 is 0 Å². The maximum atomic E-state index is 6.27. The molecule has 96 valence electrons. The highest BCUT2D eigenvalue weighted by atomic mass is 35.5. The molecule has 0 spiro atoms. The molecule has 0 unspecified atom stereocenters. The third-order valence-corrected chi connectivity index (χ3v) is 3.29. The summed E-state index contributed by atoms with van der Waals surface area (Å²) in [6.45, 7) is 8.69. The topological polar surface area (TPSA) is 17.8 Å². The number of para-hydroxylation sites is 1. The van der Waals surface area contributed by atoms with E-state index in [4.69, 9.17) is 11.6 Å². The van der Waals surface area contributed by atoms with E-state index in [0.29, 0.717) is 0 Å². The molecule has 1 heterocycles. The molecule has 0 aliphatic heterocycles. The zero-order chi connectivity index (χ0) is 13.3. The predicted octanol–water partition coefficient (Wildman–Crippen LogP) is 4.39. The number of halogens is 1. The Morgan fingerprint density at radius 1 is 1.22 bits per heavy atom. The monoisotopic (exact) mass is 262 g/mol. The van der Waals surface area contributed by atoms with Crippen LogP contribution in [0.25, 0.3) is 5.69 Å². The van der Waals surface area contributed by atoms with E-state index < -0.39 is 0 Å². The van der Waals surface area contributed by atoms with Crippen LogP contribution in [0.5, 0.6) is 0 Å². The van der Waals surface area contributed by atoms with E-state index in [-0.39, 0.29) is 5.41 Å². The van der Waals surface area contributed by atoms with Gasteiger partial charge in [-0.3, -0.25) is 0 Å². The van der Waals surface area contributed by atoms with Gasteiger partial charge in [0.25, 0.3) is 0 Å². The molecule has 2 rings (SSSR count). The molecule has 0 saturated heterocycles. The maximum absolute atomic E-state index is 6.27. The minimum absolute atomic E-state index is 0.0413. The summed E-state index contributed by atoms with van der Waals surface area (Å²) in [6.07, 6.45) is 0.931. The molecule has 0 atom stereocenters. The van der Waals surface area contributed by atoms with Gasteiger partial charge in [0.1, 0.15) is 0 Å². The maximum Gasteiger partial charge on any atom is 0.0835 e. The van der Waals surface area contributed by atoms with Gasteiger partial charge in [-0.15, -0.1) is 0 Å². The van der Waals surface area contributed by atoms with E-state index in [9.17, 15) is 0 Å². The molecule has 0 amide bonds. The molecule has 0 saturated carbocycles. The first-order valence-electron chi connectivity index (χ1n) is 6.28. The summed E-state index contributed by atoms with van der Waals surface area (Å²) < 4.78 is 1.97. The molecule has 1 aromatic heterocycles. The van der Waals surface area contributed by atoms with Gasteiger partial charge in [-0.2, -0.15) is 5.10 Å². The molecule has 18 heavy (non-hydrogen) atoms. The third kappa shape index (κ3) is 2.44. The van der Waals surface area contributed by atoms with Gasteiger partial charge in [0.2, 0.25) is 0 Å². The molecule has 0 fully saturated rings. The summed E-state index contributed by atoms with van der Waals surface area (Å²) >= 11 is 6.27. The molecule has 0 aliphatic rings. The van der Waals surface area contributed by atoms with Crippen molar-refractivity contribution in [3.63, 3.8) is 0 Å². The Kier molecular flexibility index (Phi) is 3.49. The number of aryl methyl sites for hydroxylation is 1. The average molecular weight is 263 g/mol. The van der Waals surface area contributed by atoms with Crippen molar-refractivity contribution in [2.24, 2.45) is 0 Å². The normalized spacial score (nSPS) is 11.8. The van der Waals surface area contributed by atoms with Gasteiger partial charge >= 0.3 is 0 Å². The van der Waals surface area contributed by atoms with Crippen LogP contribution in [0.15, 0.2) is 30.3 Å². The van der Waals surface area contributed by atoms with Crippen molar-refractivity contribution in [2.45, 2.75) is 39.5 Å². The number of nitrogens with zero attached hydrogens (tertiary/aromatic N) is 2. The fraction of sp³-hybridized carbons (Fsp3) is 0.400. The molecule has 2 nitrogen and oxygen atoms in total. The molecular weight excluding hydrogens is 244 g/mol. The summed E-state index contributed by atoms with van der Waals surface area (Å²) in [6, 6.07) is 10.00.